The van der Waals surface area contributed by atoms with Gasteiger partial charge in [-0.1, -0.05) is 44.2 Å². The fourth-order valence-electron chi connectivity index (χ4n) is 3.34. The Hall–Kier alpha value is -0.900. The summed E-state index contributed by atoms with van der Waals surface area (Å²) in [6, 6.07) is 0.574. The van der Waals surface area contributed by atoms with E-state index >= 15 is 0 Å². The molecule has 1 heterocycles. The van der Waals surface area contributed by atoms with Crippen molar-refractivity contribution in [1.82, 2.24) is 20.3 Å². The molecule has 0 spiro atoms. The molecular formula is C16H30N4. The Bertz CT molecular complexity index is 366. The van der Waals surface area contributed by atoms with Crippen molar-refractivity contribution in [2.45, 2.75) is 70.8 Å². The van der Waals surface area contributed by atoms with Crippen LogP contribution in [0.1, 0.15) is 64.0 Å². The van der Waals surface area contributed by atoms with E-state index in [1.54, 1.807) is 0 Å². The Morgan fingerprint density at radius 1 is 1.25 bits per heavy atom. The fourth-order valence-corrected chi connectivity index (χ4v) is 3.34. The molecule has 1 aromatic heterocycles. The minimum atomic E-state index is 0.574. The number of nitrogens with zero attached hydrogens (tertiary/aromatic N) is 3. The quantitative estimate of drug-likeness (QED) is 0.869. The second-order valence-corrected chi connectivity index (χ2v) is 6.25. The summed E-state index contributed by atoms with van der Waals surface area (Å²) in [4.78, 5) is 0. The van der Waals surface area contributed by atoms with Crippen molar-refractivity contribution < 1.29 is 0 Å². The van der Waals surface area contributed by atoms with E-state index in [1.807, 2.05) is 11.7 Å². The van der Waals surface area contributed by atoms with Crippen molar-refractivity contribution in [3.63, 3.8) is 0 Å². The van der Waals surface area contributed by atoms with Gasteiger partial charge in [0.05, 0.1) is 5.69 Å². The number of hydrogen-bond donors (Lipinski definition) is 1. The van der Waals surface area contributed by atoms with Gasteiger partial charge in [-0.2, -0.15) is 0 Å². The molecule has 114 valence electrons. The van der Waals surface area contributed by atoms with Crippen LogP contribution >= 0.6 is 0 Å². The Morgan fingerprint density at radius 2 is 1.95 bits per heavy atom. The molecule has 1 aliphatic carbocycles. The standard InChI is InChI=1S/C16H30N4/c1-3-11-17-16(12-15-13-20(2)19-18-15)14-9-7-5-4-6-8-10-14/h13-14,16-17H,3-12H2,1-2H3. The number of hydrogen-bond acceptors (Lipinski definition) is 3. The molecule has 1 unspecified atom stereocenters. The molecule has 1 fully saturated rings. The number of aromatic nitrogens is 3. The zero-order valence-corrected chi connectivity index (χ0v) is 13.1. The lowest BCUT2D eigenvalue weighted by Crippen LogP contribution is -2.39. The summed E-state index contributed by atoms with van der Waals surface area (Å²) in [5.74, 6) is 0.809. The highest BCUT2D eigenvalue weighted by Gasteiger charge is 2.22. The van der Waals surface area contributed by atoms with Crippen LogP contribution < -0.4 is 5.32 Å². The molecule has 1 aromatic rings. The van der Waals surface area contributed by atoms with Crippen LogP contribution in [0.2, 0.25) is 0 Å². The van der Waals surface area contributed by atoms with Crippen molar-refractivity contribution >= 4 is 0 Å². The highest BCUT2D eigenvalue weighted by atomic mass is 15.4. The summed E-state index contributed by atoms with van der Waals surface area (Å²) in [6.45, 7) is 3.35. The largest absolute Gasteiger partial charge is 0.313 e. The average molecular weight is 278 g/mol. The summed E-state index contributed by atoms with van der Waals surface area (Å²) in [6.07, 6.45) is 14.1. The van der Waals surface area contributed by atoms with Crippen LogP contribution in [0.5, 0.6) is 0 Å². The maximum Gasteiger partial charge on any atom is 0.0842 e. The Kier molecular flexibility index (Phi) is 6.51. The molecule has 0 radical (unpaired) electrons. The van der Waals surface area contributed by atoms with Gasteiger partial charge < -0.3 is 5.32 Å². The van der Waals surface area contributed by atoms with Gasteiger partial charge in [-0.3, -0.25) is 4.68 Å². The van der Waals surface area contributed by atoms with Crippen LogP contribution in [0.25, 0.3) is 0 Å². The first kappa shape index (κ1) is 15.5. The van der Waals surface area contributed by atoms with E-state index in [-0.39, 0.29) is 0 Å². The van der Waals surface area contributed by atoms with Gasteiger partial charge >= 0.3 is 0 Å². The number of aryl methyl sites for hydroxylation is 1. The molecule has 0 aliphatic heterocycles. The molecule has 1 N–H and O–H groups in total. The van der Waals surface area contributed by atoms with E-state index in [1.165, 1.54) is 51.4 Å². The predicted octanol–water partition coefficient (Wildman–Crippen LogP) is 3.09. The third-order valence-electron chi connectivity index (χ3n) is 4.45. The lowest BCUT2D eigenvalue weighted by Gasteiger charge is -2.29. The highest BCUT2D eigenvalue weighted by molar-refractivity contribution is 4.97. The zero-order chi connectivity index (χ0) is 14.2. The van der Waals surface area contributed by atoms with E-state index in [0.717, 1.165) is 24.6 Å². The summed E-state index contributed by atoms with van der Waals surface area (Å²) < 4.78 is 1.81. The van der Waals surface area contributed by atoms with E-state index in [2.05, 4.69) is 28.7 Å². The first-order chi connectivity index (χ1) is 9.79. The van der Waals surface area contributed by atoms with Crippen molar-refractivity contribution in [2.75, 3.05) is 6.54 Å². The van der Waals surface area contributed by atoms with Gasteiger partial charge in [0.1, 0.15) is 0 Å². The summed E-state index contributed by atoms with van der Waals surface area (Å²) in [5, 5.41) is 12.1. The Balaban J connectivity index is 1.96. The monoisotopic (exact) mass is 278 g/mol. The minimum Gasteiger partial charge on any atom is -0.313 e. The number of rotatable bonds is 6. The molecular weight excluding hydrogens is 248 g/mol. The molecule has 0 saturated heterocycles. The van der Waals surface area contributed by atoms with Gasteiger partial charge in [-0.25, -0.2) is 0 Å². The molecule has 2 rings (SSSR count). The Morgan fingerprint density at radius 3 is 2.55 bits per heavy atom. The highest BCUT2D eigenvalue weighted by Crippen LogP contribution is 2.26. The minimum absolute atomic E-state index is 0.574. The van der Waals surface area contributed by atoms with Gasteiger partial charge in [0.25, 0.3) is 0 Å². The molecule has 0 bridgehead atoms. The predicted molar refractivity (Wildman–Crippen MR) is 82.6 cm³/mol. The summed E-state index contributed by atoms with van der Waals surface area (Å²) in [7, 11) is 1.95. The second-order valence-electron chi connectivity index (χ2n) is 6.25. The summed E-state index contributed by atoms with van der Waals surface area (Å²) >= 11 is 0. The molecule has 1 atom stereocenters. The van der Waals surface area contributed by atoms with E-state index < -0.39 is 0 Å². The van der Waals surface area contributed by atoms with Crippen LogP contribution in [0.15, 0.2) is 6.20 Å². The van der Waals surface area contributed by atoms with Crippen molar-refractivity contribution in [3.8, 4) is 0 Å². The van der Waals surface area contributed by atoms with Gasteiger partial charge in [-0.15, -0.1) is 5.10 Å². The maximum absolute atomic E-state index is 4.27. The topological polar surface area (TPSA) is 42.7 Å². The number of nitrogens with one attached hydrogen (secondary N) is 1. The average Bonchev–Trinajstić information content (AvgIpc) is 2.80. The SMILES string of the molecule is CCCNC(Cc1cn(C)nn1)C1CCCCCCC1. The van der Waals surface area contributed by atoms with E-state index in [9.17, 15) is 0 Å². The van der Waals surface area contributed by atoms with Crippen LogP contribution in [-0.4, -0.2) is 27.6 Å². The van der Waals surface area contributed by atoms with Gasteiger partial charge in [0.15, 0.2) is 0 Å². The maximum atomic E-state index is 4.27. The van der Waals surface area contributed by atoms with Gasteiger partial charge in [0, 0.05) is 25.7 Å². The van der Waals surface area contributed by atoms with Crippen molar-refractivity contribution in [3.05, 3.63) is 11.9 Å². The molecule has 1 aliphatic rings. The van der Waals surface area contributed by atoms with Crippen molar-refractivity contribution in [2.24, 2.45) is 13.0 Å². The van der Waals surface area contributed by atoms with Crippen LogP contribution in [0.3, 0.4) is 0 Å². The smallest absolute Gasteiger partial charge is 0.0842 e. The van der Waals surface area contributed by atoms with Crippen LogP contribution in [0, 0.1) is 5.92 Å². The van der Waals surface area contributed by atoms with Crippen LogP contribution in [0.4, 0.5) is 0 Å². The molecule has 20 heavy (non-hydrogen) atoms. The zero-order valence-electron chi connectivity index (χ0n) is 13.1. The third kappa shape index (κ3) is 4.89. The Labute approximate surface area is 123 Å². The lowest BCUT2D eigenvalue weighted by molar-refractivity contribution is 0.282. The van der Waals surface area contributed by atoms with Gasteiger partial charge in [-0.05, 0) is 31.7 Å². The van der Waals surface area contributed by atoms with E-state index in [4.69, 9.17) is 0 Å². The van der Waals surface area contributed by atoms with E-state index in [0.29, 0.717) is 6.04 Å². The first-order valence-electron chi connectivity index (χ1n) is 8.38. The van der Waals surface area contributed by atoms with Crippen molar-refractivity contribution in [1.29, 1.82) is 0 Å². The fraction of sp³-hybridized carbons (Fsp3) is 0.875. The molecule has 0 aromatic carbocycles. The first-order valence-corrected chi connectivity index (χ1v) is 8.38. The summed E-state index contributed by atoms with van der Waals surface area (Å²) in [5.41, 5.74) is 1.13. The lowest BCUT2D eigenvalue weighted by atomic mass is 9.84. The molecule has 1 saturated carbocycles. The van der Waals surface area contributed by atoms with Crippen LogP contribution in [-0.2, 0) is 13.5 Å². The van der Waals surface area contributed by atoms with Gasteiger partial charge in [0.2, 0.25) is 0 Å². The third-order valence-corrected chi connectivity index (χ3v) is 4.45. The molecule has 0 amide bonds. The normalized spacial score (nSPS) is 19.5. The molecule has 4 nitrogen and oxygen atoms in total. The second kappa shape index (κ2) is 8.40. The molecule has 4 heteroatoms.